The van der Waals surface area contributed by atoms with Crippen LogP contribution in [-0.4, -0.2) is 25.4 Å². The molecule has 0 radical (unpaired) electrons. The van der Waals surface area contributed by atoms with Crippen LogP contribution in [0.3, 0.4) is 0 Å². The molecule has 140 valence electrons. The van der Waals surface area contributed by atoms with Gasteiger partial charge in [0.15, 0.2) is 0 Å². The fourth-order valence-electron chi connectivity index (χ4n) is 3.20. The second kappa shape index (κ2) is 9.21. The number of sulfonamides is 1. The molecule has 3 N–H and O–H groups in total. The summed E-state index contributed by atoms with van der Waals surface area (Å²) >= 11 is 5.26. The summed E-state index contributed by atoms with van der Waals surface area (Å²) in [6.45, 7) is 0. The van der Waals surface area contributed by atoms with E-state index in [1.54, 1.807) is 36.5 Å². The van der Waals surface area contributed by atoms with Gasteiger partial charge in [0.25, 0.3) is 0 Å². The topological polar surface area (TPSA) is 85.1 Å². The van der Waals surface area contributed by atoms with E-state index in [9.17, 15) is 8.42 Å². The van der Waals surface area contributed by atoms with E-state index in [1.165, 1.54) is 31.9 Å². The summed E-state index contributed by atoms with van der Waals surface area (Å²) in [5, 5.41) is 0. The van der Waals surface area contributed by atoms with Crippen molar-refractivity contribution < 1.29 is 8.42 Å². The third-order valence-electron chi connectivity index (χ3n) is 4.72. The maximum atomic E-state index is 11.1. The van der Waals surface area contributed by atoms with Gasteiger partial charge < -0.3 is 5.73 Å². The van der Waals surface area contributed by atoms with Crippen molar-refractivity contribution in [3.63, 3.8) is 0 Å². The Labute approximate surface area is 161 Å². The zero-order valence-corrected chi connectivity index (χ0v) is 16.5. The van der Waals surface area contributed by atoms with Crippen LogP contribution in [0.2, 0.25) is 0 Å². The Morgan fingerprint density at radius 1 is 1.12 bits per heavy atom. The van der Waals surface area contributed by atoms with Crippen molar-refractivity contribution in [1.29, 1.82) is 0 Å². The van der Waals surface area contributed by atoms with Gasteiger partial charge in [-0.25, -0.2) is 13.1 Å². The van der Waals surface area contributed by atoms with Crippen LogP contribution >= 0.6 is 12.2 Å². The monoisotopic (exact) mass is 391 g/mol. The first-order valence-corrected chi connectivity index (χ1v) is 10.5. The molecule has 0 spiro atoms. The van der Waals surface area contributed by atoms with E-state index in [2.05, 4.69) is 15.8 Å². The molecule has 1 fully saturated rings. The quantitative estimate of drug-likeness (QED) is 0.782. The third-order valence-corrected chi connectivity index (χ3v) is 6.54. The maximum absolute atomic E-state index is 11.1. The zero-order valence-electron chi connectivity index (χ0n) is 14.9. The second-order valence-electron chi connectivity index (χ2n) is 6.27. The number of hydrogen-bond donors (Lipinski definition) is 2. The van der Waals surface area contributed by atoms with E-state index >= 15 is 0 Å². The number of nitrogens with zero attached hydrogens (tertiary/aromatic N) is 1. The van der Waals surface area contributed by atoms with Crippen LogP contribution in [-0.2, 0) is 15.4 Å². The van der Waals surface area contributed by atoms with Gasteiger partial charge in [-0.3, -0.25) is 4.98 Å². The molecule has 3 rings (SSSR count). The van der Waals surface area contributed by atoms with Crippen LogP contribution in [0.25, 0.3) is 0 Å². The number of rotatable bonds is 4. The molecule has 1 heterocycles. The second-order valence-corrected chi connectivity index (χ2v) is 8.60. The molecule has 1 aliphatic rings. The summed E-state index contributed by atoms with van der Waals surface area (Å²) in [4.78, 5) is 5.10. The Hall–Kier alpha value is -1.83. The van der Waals surface area contributed by atoms with Crippen LogP contribution in [0.4, 0.5) is 0 Å². The lowest BCUT2D eigenvalue weighted by Gasteiger charge is -2.36. The predicted molar refractivity (Wildman–Crippen MR) is 108 cm³/mol. The van der Waals surface area contributed by atoms with Crippen LogP contribution in [0.5, 0.6) is 0 Å². The number of thiocarbonyl (C=S) groups is 1. The van der Waals surface area contributed by atoms with Crippen molar-refractivity contribution in [2.45, 2.75) is 42.4 Å². The lowest BCUT2D eigenvalue weighted by molar-refractivity contribution is 0.381. The van der Waals surface area contributed by atoms with Crippen LogP contribution in [0.1, 0.15) is 37.7 Å². The Balaban J connectivity index is 0.000000197. The largest absolute Gasteiger partial charge is 0.393 e. The van der Waals surface area contributed by atoms with Crippen molar-refractivity contribution in [3.05, 3.63) is 60.4 Å². The number of pyridine rings is 1. The van der Waals surface area contributed by atoms with Gasteiger partial charge in [0.05, 0.1) is 9.88 Å². The average Bonchev–Trinajstić information content (AvgIpc) is 2.70. The highest BCUT2D eigenvalue weighted by atomic mass is 32.2. The maximum Gasteiger partial charge on any atom is 0.240 e. The molecular formula is C19H25N3O2S2. The predicted octanol–water partition coefficient (Wildman–Crippen LogP) is 3.16. The lowest BCUT2D eigenvalue weighted by atomic mass is 9.70. The number of hydrogen-bond acceptors (Lipinski definition) is 4. The average molecular weight is 392 g/mol. The number of nitrogens with two attached hydrogens (primary N) is 1. The Morgan fingerprint density at radius 3 is 2.27 bits per heavy atom. The van der Waals surface area contributed by atoms with E-state index in [0.29, 0.717) is 9.88 Å². The molecule has 1 aromatic carbocycles. The van der Waals surface area contributed by atoms with Crippen molar-refractivity contribution >= 4 is 27.2 Å². The van der Waals surface area contributed by atoms with Crippen molar-refractivity contribution in [1.82, 2.24) is 9.71 Å². The summed E-state index contributed by atoms with van der Waals surface area (Å²) in [6.07, 6.45) is 9.58. The molecular weight excluding hydrogens is 366 g/mol. The molecule has 0 atom stereocenters. The molecule has 0 aliphatic heterocycles. The first-order valence-electron chi connectivity index (χ1n) is 8.61. The smallest absolute Gasteiger partial charge is 0.240 e. The molecule has 7 heteroatoms. The van der Waals surface area contributed by atoms with Crippen LogP contribution < -0.4 is 10.5 Å². The van der Waals surface area contributed by atoms with Crippen molar-refractivity contribution in [2.75, 3.05) is 7.05 Å². The highest BCUT2D eigenvalue weighted by molar-refractivity contribution is 7.89. The Kier molecular flexibility index (Phi) is 7.25. The summed E-state index contributed by atoms with van der Waals surface area (Å²) in [6, 6.07) is 12.3. The molecule has 1 aromatic heterocycles. The van der Waals surface area contributed by atoms with Gasteiger partial charge in [0.1, 0.15) is 0 Å². The minimum Gasteiger partial charge on any atom is -0.393 e. The SMILES string of the molecule is CNS(=O)(=O)c1ccccc1.NC(=S)C1(c2cccnc2)CCCCC1. The molecule has 0 unspecified atom stereocenters. The Morgan fingerprint density at radius 2 is 1.77 bits per heavy atom. The van der Waals surface area contributed by atoms with E-state index in [1.807, 2.05) is 12.3 Å². The molecule has 26 heavy (non-hydrogen) atoms. The third kappa shape index (κ3) is 4.87. The molecule has 5 nitrogen and oxygen atoms in total. The number of aromatic nitrogens is 1. The number of benzene rings is 1. The first-order chi connectivity index (χ1) is 12.4. The summed E-state index contributed by atoms with van der Waals surface area (Å²) in [5.41, 5.74) is 7.05. The standard InChI is InChI=1S/C12H16N2S.C7H9NO2S/c13-11(15)12(6-2-1-3-7-12)10-5-4-8-14-9-10;1-8-11(9,10)7-5-3-2-4-6-7/h4-5,8-9H,1-3,6-7H2,(H2,13,15);2-6,8H,1H3. The molecule has 0 bridgehead atoms. The fraction of sp³-hybridized carbons (Fsp3) is 0.368. The minimum atomic E-state index is -3.25. The highest BCUT2D eigenvalue weighted by Crippen LogP contribution is 2.39. The fourth-order valence-corrected chi connectivity index (χ4v) is 4.27. The van der Waals surface area contributed by atoms with Gasteiger partial charge in [-0.05, 0) is 43.7 Å². The van der Waals surface area contributed by atoms with Crippen molar-refractivity contribution in [3.8, 4) is 0 Å². The minimum absolute atomic E-state index is 0.0815. The van der Waals surface area contributed by atoms with E-state index in [-0.39, 0.29) is 5.41 Å². The molecule has 2 aromatic rings. The first kappa shape index (κ1) is 20.5. The molecule has 1 saturated carbocycles. The van der Waals surface area contributed by atoms with E-state index < -0.39 is 10.0 Å². The normalized spacial score (nSPS) is 16.2. The van der Waals surface area contributed by atoms with E-state index in [0.717, 1.165) is 12.8 Å². The van der Waals surface area contributed by atoms with E-state index in [4.69, 9.17) is 18.0 Å². The molecule has 1 aliphatic carbocycles. The van der Waals surface area contributed by atoms with Gasteiger partial charge in [-0.1, -0.05) is 55.7 Å². The highest BCUT2D eigenvalue weighted by Gasteiger charge is 2.36. The van der Waals surface area contributed by atoms with Gasteiger partial charge in [-0.2, -0.15) is 0 Å². The van der Waals surface area contributed by atoms with Gasteiger partial charge in [0, 0.05) is 17.8 Å². The zero-order chi connectivity index (χ0) is 19.0. The van der Waals surface area contributed by atoms with Gasteiger partial charge >= 0.3 is 0 Å². The molecule has 0 saturated heterocycles. The van der Waals surface area contributed by atoms with Crippen LogP contribution in [0, 0.1) is 0 Å². The summed E-state index contributed by atoms with van der Waals surface area (Å²) in [7, 11) is -1.86. The lowest BCUT2D eigenvalue weighted by Crippen LogP contribution is -2.41. The Bertz CT molecular complexity index is 803. The summed E-state index contributed by atoms with van der Waals surface area (Å²) < 4.78 is 24.4. The van der Waals surface area contributed by atoms with Gasteiger partial charge in [0.2, 0.25) is 10.0 Å². The molecule has 0 amide bonds. The van der Waals surface area contributed by atoms with Gasteiger partial charge in [-0.15, -0.1) is 0 Å². The van der Waals surface area contributed by atoms with Crippen molar-refractivity contribution in [2.24, 2.45) is 5.73 Å². The van der Waals surface area contributed by atoms with Crippen LogP contribution in [0.15, 0.2) is 59.8 Å². The number of nitrogens with one attached hydrogen (secondary N) is 1. The summed E-state index contributed by atoms with van der Waals surface area (Å²) in [5.74, 6) is 0.